The first-order valence-electron chi connectivity index (χ1n) is 8.06. The summed E-state index contributed by atoms with van der Waals surface area (Å²) in [7, 11) is 1.57. The van der Waals surface area contributed by atoms with Crippen LogP contribution in [0.15, 0.2) is 48.5 Å². The van der Waals surface area contributed by atoms with Crippen molar-refractivity contribution in [3.8, 4) is 5.75 Å². The van der Waals surface area contributed by atoms with Gasteiger partial charge in [0.05, 0.1) is 5.92 Å². The van der Waals surface area contributed by atoms with E-state index in [0.717, 1.165) is 5.69 Å². The van der Waals surface area contributed by atoms with Gasteiger partial charge in [-0.25, -0.2) is 4.39 Å². The van der Waals surface area contributed by atoms with E-state index in [2.05, 4.69) is 5.32 Å². The van der Waals surface area contributed by atoms with E-state index in [0.29, 0.717) is 17.9 Å². The Morgan fingerprint density at radius 3 is 2.64 bits per heavy atom. The van der Waals surface area contributed by atoms with Gasteiger partial charge in [-0.3, -0.25) is 9.59 Å². The molecular formula is C19H19FN2O3. The zero-order chi connectivity index (χ0) is 17.8. The fourth-order valence-corrected chi connectivity index (χ4v) is 2.84. The standard InChI is InChI=1S/C19H19FN2O3/c1-21-19(24)14-10-18(23)22(11-14)15-6-8-16(9-7-15)25-12-13-4-2-3-5-17(13)20/h2-9,14H,10-12H2,1H3,(H,21,24). The molecule has 1 fully saturated rings. The minimum Gasteiger partial charge on any atom is -0.489 e. The fourth-order valence-electron chi connectivity index (χ4n) is 2.84. The Kier molecular flexibility index (Phi) is 4.97. The Hall–Kier alpha value is -2.89. The van der Waals surface area contributed by atoms with Crippen LogP contribution in [0.2, 0.25) is 0 Å². The molecule has 1 N–H and O–H groups in total. The average molecular weight is 342 g/mol. The predicted molar refractivity (Wildman–Crippen MR) is 91.7 cm³/mol. The molecular weight excluding hydrogens is 323 g/mol. The summed E-state index contributed by atoms with van der Waals surface area (Å²) in [6.07, 6.45) is 0.214. The zero-order valence-corrected chi connectivity index (χ0v) is 13.9. The smallest absolute Gasteiger partial charge is 0.227 e. The van der Waals surface area contributed by atoms with E-state index in [1.165, 1.54) is 6.07 Å². The number of carbonyl (C=O) groups is 2. The highest BCUT2D eigenvalue weighted by Gasteiger charge is 2.34. The van der Waals surface area contributed by atoms with Crippen molar-refractivity contribution in [3.05, 3.63) is 59.9 Å². The second-order valence-electron chi connectivity index (χ2n) is 5.89. The summed E-state index contributed by atoms with van der Waals surface area (Å²) in [5, 5.41) is 2.58. The Balaban J connectivity index is 1.63. The molecule has 25 heavy (non-hydrogen) atoms. The topological polar surface area (TPSA) is 58.6 Å². The van der Waals surface area contributed by atoms with Gasteiger partial charge in [0.25, 0.3) is 0 Å². The maximum atomic E-state index is 13.6. The van der Waals surface area contributed by atoms with E-state index in [1.807, 2.05) is 0 Å². The van der Waals surface area contributed by atoms with Crippen molar-refractivity contribution in [1.29, 1.82) is 0 Å². The van der Waals surface area contributed by atoms with E-state index in [9.17, 15) is 14.0 Å². The summed E-state index contributed by atoms with van der Waals surface area (Å²) in [6, 6.07) is 13.4. The lowest BCUT2D eigenvalue weighted by Crippen LogP contribution is -2.30. The second-order valence-corrected chi connectivity index (χ2v) is 5.89. The third-order valence-electron chi connectivity index (χ3n) is 4.24. The summed E-state index contributed by atoms with van der Waals surface area (Å²) >= 11 is 0. The number of anilines is 1. The highest BCUT2D eigenvalue weighted by molar-refractivity contribution is 6.00. The van der Waals surface area contributed by atoms with E-state index >= 15 is 0 Å². The molecule has 5 nitrogen and oxygen atoms in total. The van der Waals surface area contributed by atoms with Crippen molar-refractivity contribution in [3.63, 3.8) is 0 Å². The third kappa shape index (κ3) is 3.79. The van der Waals surface area contributed by atoms with E-state index in [1.54, 1.807) is 54.4 Å². The van der Waals surface area contributed by atoms with E-state index in [-0.39, 0.29) is 36.6 Å². The first-order chi connectivity index (χ1) is 12.1. The lowest BCUT2D eigenvalue weighted by Gasteiger charge is -2.17. The maximum Gasteiger partial charge on any atom is 0.227 e. The first kappa shape index (κ1) is 17.0. The summed E-state index contributed by atoms with van der Waals surface area (Å²) in [5.74, 6) is -0.243. The third-order valence-corrected chi connectivity index (χ3v) is 4.24. The Bertz CT molecular complexity index is 776. The molecule has 2 amide bonds. The zero-order valence-electron chi connectivity index (χ0n) is 13.9. The molecule has 1 unspecified atom stereocenters. The van der Waals surface area contributed by atoms with E-state index in [4.69, 9.17) is 4.74 Å². The number of nitrogens with one attached hydrogen (secondary N) is 1. The molecule has 3 rings (SSSR count). The molecule has 0 radical (unpaired) electrons. The van der Waals surface area contributed by atoms with Crippen LogP contribution in [0.4, 0.5) is 10.1 Å². The number of hydrogen-bond donors (Lipinski definition) is 1. The summed E-state index contributed by atoms with van der Waals surface area (Å²) in [5.41, 5.74) is 1.20. The number of ether oxygens (including phenoxy) is 1. The number of amides is 2. The predicted octanol–water partition coefficient (Wildman–Crippen LogP) is 2.50. The molecule has 0 bridgehead atoms. The highest BCUT2D eigenvalue weighted by atomic mass is 19.1. The van der Waals surface area contributed by atoms with Crippen molar-refractivity contribution >= 4 is 17.5 Å². The van der Waals surface area contributed by atoms with Gasteiger partial charge in [0, 0.05) is 31.3 Å². The van der Waals surface area contributed by atoms with Crippen LogP contribution in [0.1, 0.15) is 12.0 Å². The van der Waals surface area contributed by atoms with E-state index < -0.39 is 0 Å². The van der Waals surface area contributed by atoms with Crippen LogP contribution < -0.4 is 15.0 Å². The highest BCUT2D eigenvalue weighted by Crippen LogP contribution is 2.27. The minimum atomic E-state index is -0.325. The fraction of sp³-hybridized carbons (Fsp3) is 0.263. The average Bonchev–Trinajstić information content (AvgIpc) is 3.02. The van der Waals surface area contributed by atoms with Gasteiger partial charge in [-0.15, -0.1) is 0 Å². The van der Waals surface area contributed by atoms with Gasteiger partial charge in [0.2, 0.25) is 11.8 Å². The molecule has 0 spiro atoms. The Labute approximate surface area is 145 Å². The molecule has 1 aliphatic rings. The van der Waals surface area contributed by atoms with Gasteiger partial charge in [-0.1, -0.05) is 18.2 Å². The number of halogens is 1. The number of benzene rings is 2. The molecule has 1 saturated heterocycles. The second kappa shape index (κ2) is 7.34. The van der Waals surface area contributed by atoms with Crippen LogP contribution in [0.5, 0.6) is 5.75 Å². The van der Waals surface area contributed by atoms with Gasteiger partial charge < -0.3 is 15.0 Å². The van der Waals surface area contributed by atoms with Crippen molar-refractivity contribution in [1.82, 2.24) is 5.32 Å². The van der Waals surface area contributed by atoms with Gasteiger partial charge in [0.15, 0.2) is 0 Å². The van der Waals surface area contributed by atoms with Crippen LogP contribution in [0.3, 0.4) is 0 Å². The molecule has 130 valence electrons. The number of hydrogen-bond acceptors (Lipinski definition) is 3. The molecule has 6 heteroatoms. The van der Waals surface area contributed by atoms with Gasteiger partial charge in [-0.05, 0) is 30.3 Å². The SMILES string of the molecule is CNC(=O)C1CC(=O)N(c2ccc(OCc3ccccc3F)cc2)C1. The molecule has 0 aromatic heterocycles. The quantitative estimate of drug-likeness (QED) is 0.908. The lowest BCUT2D eigenvalue weighted by molar-refractivity contribution is -0.125. The van der Waals surface area contributed by atoms with Gasteiger partial charge in [0.1, 0.15) is 18.2 Å². The maximum absolute atomic E-state index is 13.6. The number of rotatable bonds is 5. The van der Waals surface area contributed by atoms with Crippen LogP contribution >= 0.6 is 0 Å². The molecule has 0 aliphatic carbocycles. The van der Waals surface area contributed by atoms with Crippen LogP contribution in [0, 0.1) is 11.7 Å². The van der Waals surface area contributed by atoms with Crippen LogP contribution in [-0.4, -0.2) is 25.4 Å². The largest absolute Gasteiger partial charge is 0.489 e. The van der Waals surface area contributed by atoms with Crippen LogP contribution in [-0.2, 0) is 16.2 Å². The summed E-state index contributed by atoms with van der Waals surface area (Å²) in [4.78, 5) is 25.4. The molecule has 2 aromatic rings. The Morgan fingerprint density at radius 1 is 1.24 bits per heavy atom. The Morgan fingerprint density at radius 2 is 1.96 bits per heavy atom. The van der Waals surface area contributed by atoms with Crippen molar-refractivity contribution < 1.29 is 18.7 Å². The van der Waals surface area contributed by atoms with Crippen molar-refractivity contribution in [2.75, 3.05) is 18.5 Å². The summed E-state index contributed by atoms with van der Waals surface area (Å²) in [6.45, 7) is 0.501. The molecule has 1 heterocycles. The number of nitrogens with zero attached hydrogens (tertiary/aromatic N) is 1. The molecule has 1 atom stereocenters. The minimum absolute atomic E-state index is 0.0753. The molecule has 2 aromatic carbocycles. The normalized spacial score (nSPS) is 16.8. The van der Waals surface area contributed by atoms with Crippen molar-refractivity contribution in [2.45, 2.75) is 13.0 Å². The molecule has 0 saturated carbocycles. The summed E-state index contributed by atoms with van der Waals surface area (Å²) < 4.78 is 19.2. The first-order valence-corrected chi connectivity index (χ1v) is 8.06. The van der Waals surface area contributed by atoms with Crippen molar-refractivity contribution in [2.24, 2.45) is 5.92 Å². The van der Waals surface area contributed by atoms with Gasteiger partial charge >= 0.3 is 0 Å². The number of carbonyl (C=O) groups excluding carboxylic acids is 2. The van der Waals surface area contributed by atoms with Crippen LogP contribution in [0.25, 0.3) is 0 Å². The lowest BCUT2D eigenvalue weighted by atomic mass is 10.1. The molecule has 1 aliphatic heterocycles. The van der Waals surface area contributed by atoms with Gasteiger partial charge in [-0.2, -0.15) is 0 Å². The monoisotopic (exact) mass is 342 g/mol.